The number of oxazole rings is 1. The standard InChI is InChI=1S/C5H5NO.C5H7N.8C4H10.2C3H4N2.C3H3NO.2C2H3N3.CH2N4/c7-5-3-1-2-4-6-5;1-2-4-6-5-3-1;8*1-4(2)3;1-2-5-3-4-1;1-2-4-5-3-1;1-2-5-3-4-1;1-3-2-5-4-1;2*1-2-4-5-3-1/h1-4H,(H,6,7);1-4,6H,5H2;8*4H,1-3H3;2*1-3H,(H,4,5);1-3H;2*1-2H,(H,3,4,5);1H,(H,2,3,4,5). The Hall–Kier alpha value is -6.79. The Morgan fingerprint density at radius 3 is 1.12 bits per heavy atom. The summed E-state index contributed by atoms with van der Waals surface area (Å²) >= 11 is 0. The van der Waals surface area contributed by atoms with Crippen molar-refractivity contribution < 1.29 is 4.42 Å². The molecule has 0 saturated carbocycles. The largest absolute Gasteiger partial charge is 0.452 e. The minimum atomic E-state index is -0.0532. The Balaban J connectivity index is -0.000000107. The van der Waals surface area contributed by atoms with E-state index in [0.717, 1.165) is 53.9 Å². The predicted octanol–water partition coefficient (Wildman–Crippen LogP) is 14.6. The van der Waals surface area contributed by atoms with Crippen molar-refractivity contribution in [2.24, 2.45) is 47.3 Å². The summed E-state index contributed by atoms with van der Waals surface area (Å²) < 4.78 is 4.47. The number of hydrogen-bond acceptors (Lipinski definition) is 13. The molecular formula is C56H111N17O2. The average molecular weight is 1050 g/mol. The second kappa shape index (κ2) is 78.6. The fraction of sp³-hybridized carbons (Fsp3) is 0.589. The van der Waals surface area contributed by atoms with Crippen LogP contribution in [-0.4, -0.2) is 87.9 Å². The molecule has 0 atom stereocenters. The molecule has 0 radical (unpaired) electrons. The van der Waals surface area contributed by atoms with E-state index in [9.17, 15) is 4.79 Å². The number of aromatic nitrogens is 16. The van der Waals surface area contributed by atoms with Gasteiger partial charge >= 0.3 is 0 Å². The van der Waals surface area contributed by atoms with Gasteiger partial charge in [-0.3, -0.25) is 15.0 Å². The summed E-state index contributed by atoms with van der Waals surface area (Å²) in [5, 5.41) is 36.7. The number of imidazole rings is 1. The lowest BCUT2D eigenvalue weighted by molar-refractivity contribution is 0.558. The second-order valence-electron chi connectivity index (χ2n) is 20.3. The molecule has 0 aromatic carbocycles. The molecule has 0 saturated heterocycles. The minimum absolute atomic E-state index is 0.0532. The van der Waals surface area contributed by atoms with E-state index in [4.69, 9.17) is 0 Å². The molecule has 7 N–H and O–H groups in total. The highest BCUT2D eigenvalue weighted by Crippen LogP contribution is 1.84. The van der Waals surface area contributed by atoms with Crippen molar-refractivity contribution in [3.63, 3.8) is 0 Å². The molecule has 432 valence electrons. The zero-order chi connectivity index (χ0) is 59.2. The highest BCUT2D eigenvalue weighted by molar-refractivity contribution is 5.07. The van der Waals surface area contributed by atoms with Crippen LogP contribution in [0.15, 0.2) is 145 Å². The molecule has 1 aliphatic heterocycles. The number of pyridine rings is 1. The van der Waals surface area contributed by atoms with E-state index in [1.165, 1.54) is 37.7 Å². The fourth-order valence-corrected chi connectivity index (χ4v) is 1.85. The van der Waals surface area contributed by atoms with E-state index >= 15 is 0 Å². The van der Waals surface area contributed by atoms with E-state index in [1.54, 1.807) is 68.0 Å². The van der Waals surface area contributed by atoms with Crippen molar-refractivity contribution in [2.45, 2.75) is 166 Å². The first-order valence-corrected chi connectivity index (χ1v) is 25.9. The van der Waals surface area contributed by atoms with E-state index in [1.807, 2.05) is 24.4 Å². The van der Waals surface area contributed by atoms with E-state index in [-0.39, 0.29) is 5.56 Å². The van der Waals surface area contributed by atoms with Gasteiger partial charge in [0.2, 0.25) is 5.56 Å². The van der Waals surface area contributed by atoms with Gasteiger partial charge < -0.3 is 19.7 Å². The summed E-state index contributed by atoms with van der Waals surface area (Å²) in [5.74, 6) is 6.67. The van der Waals surface area contributed by atoms with Gasteiger partial charge in [0.25, 0.3) is 0 Å². The third kappa shape index (κ3) is 206. The number of rotatable bonds is 0. The molecule has 0 amide bonds. The maximum Gasteiger partial charge on any atom is 0.247 e. The smallest absolute Gasteiger partial charge is 0.247 e. The van der Waals surface area contributed by atoms with Crippen LogP contribution in [0.5, 0.6) is 0 Å². The van der Waals surface area contributed by atoms with Gasteiger partial charge in [-0.05, 0) is 71.8 Å². The van der Waals surface area contributed by atoms with Gasteiger partial charge in [0.05, 0.1) is 24.9 Å². The fourth-order valence-electron chi connectivity index (χ4n) is 1.85. The van der Waals surface area contributed by atoms with Crippen LogP contribution in [0.2, 0.25) is 0 Å². The molecule has 0 aliphatic carbocycles. The molecule has 0 fully saturated rings. The molecule has 0 spiro atoms. The number of nitrogens with one attached hydrogen (secondary N) is 7. The van der Waals surface area contributed by atoms with Crippen molar-refractivity contribution in [2.75, 3.05) is 6.54 Å². The van der Waals surface area contributed by atoms with E-state index in [0.29, 0.717) is 0 Å². The zero-order valence-corrected chi connectivity index (χ0v) is 51.3. The Labute approximate surface area is 456 Å². The predicted molar refractivity (Wildman–Crippen MR) is 318 cm³/mol. The van der Waals surface area contributed by atoms with Gasteiger partial charge in [0.15, 0.2) is 12.7 Å². The topological polar surface area (TPSA) is 266 Å². The molecule has 0 unspecified atom stereocenters. The van der Waals surface area contributed by atoms with Gasteiger partial charge in [0.1, 0.15) is 18.9 Å². The zero-order valence-electron chi connectivity index (χ0n) is 51.3. The molecule has 1 aliphatic rings. The van der Waals surface area contributed by atoms with Crippen molar-refractivity contribution in [3.05, 3.63) is 147 Å². The van der Waals surface area contributed by atoms with Crippen molar-refractivity contribution in [1.82, 2.24) is 86.7 Å². The van der Waals surface area contributed by atoms with E-state index in [2.05, 4.69) is 263 Å². The Kier molecular flexibility index (Phi) is 89.1. The lowest BCUT2D eigenvalue weighted by atomic mass is 10.3. The molecule has 19 heteroatoms. The summed E-state index contributed by atoms with van der Waals surface area (Å²) in [7, 11) is 0. The lowest BCUT2D eigenvalue weighted by Crippen LogP contribution is -2.05. The van der Waals surface area contributed by atoms with Crippen LogP contribution in [0, 0.1) is 47.3 Å². The van der Waals surface area contributed by atoms with Crippen LogP contribution in [0.4, 0.5) is 0 Å². The summed E-state index contributed by atoms with van der Waals surface area (Å²) in [6, 6.07) is 6.76. The maximum absolute atomic E-state index is 10.2. The van der Waals surface area contributed by atoms with Crippen LogP contribution in [-0.2, 0) is 0 Å². The number of allylic oxidation sites excluding steroid dienone is 2. The first-order valence-electron chi connectivity index (χ1n) is 25.9. The minimum Gasteiger partial charge on any atom is -0.452 e. The lowest BCUT2D eigenvalue weighted by Gasteiger charge is -1.94. The first-order chi connectivity index (χ1) is 35.3. The number of hydrogen-bond donors (Lipinski definition) is 7. The molecule has 75 heavy (non-hydrogen) atoms. The maximum atomic E-state index is 10.2. The Morgan fingerprint density at radius 1 is 0.467 bits per heavy atom. The van der Waals surface area contributed by atoms with E-state index < -0.39 is 0 Å². The normalized spacial score (nSPS) is 9.23. The molecule has 8 rings (SSSR count). The number of nitrogens with zero attached hydrogens (tertiary/aromatic N) is 10. The molecule has 7 aromatic heterocycles. The van der Waals surface area contributed by atoms with Gasteiger partial charge in [-0.25, -0.2) is 15.0 Å². The summed E-state index contributed by atoms with van der Waals surface area (Å²) in [6.45, 7) is 53.0. The summed E-state index contributed by atoms with van der Waals surface area (Å²) in [6.07, 6.45) is 30.1. The quantitative estimate of drug-likeness (QED) is 0.0746. The highest BCUT2D eigenvalue weighted by atomic mass is 16.3. The molecule has 19 nitrogen and oxygen atoms in total. The number of aromatic amines is 6. The molecule has 8 heterocycles. The Bertz CT molecular complexity index is 1400. The van der Waals surface area contributed by atoms with Crippen molar-refractivity contribution in [3.8, 4) is 0 Å². The average Bonchev–Trinajstić information content (AvgIpc) is 4.18. The third-order valence-corrected chi connectivity index (χ3v) is 3.47. The first kappa shape index (κ1) is 85.0. The van der Waals surface area contributed by atoms with Crippen LogP contribution in [0.1, 0.15) is 166 Å². The van der Waals surface area contributed by atoms with Crippen LogP contribution in [0.3, 0.4) is 0 Å². The monoisotopic (exact) mass is 1050 g/mol. The number of H-pyrrole nitrogens is 6. The van der Waals surface area contributed by atoms with Gasteiger partial charge in [-0.15, -0.1) is 10.2 Å². The second-order valence-corrected chi connectivity index (χ2v) is 20.3. The van der Waals surface area contributed by atoms with Crippen LogP contribution >= 0.6 is 0 Å². The number of tetrazole rings is 1. The summed E-state index contributed by atoms with van der Waals surface area (Å²) in [5.41, 5.74) is -0.0532. The third-order valence-electron chi connectivity index (χ3n) is 3.47. The van der Waals surface area contributed by atoms with Crippen LogP contribution < -0.4 is 10.9 Å². The molecule has 7 aromatic rings. The van der Waals surface area contributed by atoms with Crippen molar-refractivity contribution >= 4 is 0 Å². The molecular weight excluding hydrogens is 943 g/mol. The molecule has 0 bridgehead atoms. The van der Waals surface area contributed by atoms with Crippen molar-refractivity contribution in [1.29, 1.82) is 0 Å². The SMILES string of the molecule is C1=CCNC=C1.CC(C)C.CC(C)C.CC(C)C.CC(C)C.CC(C)C.CC(C)C.CC(C)C.CC(C)C.O=c1cccc[nH]1.c1c[nH]cn1.c1cn[nH]c1.c1cn[nH]n1.c1cocn1.c1nc[nH]n1.c1nn[nH]n1. The van der Waals surface area contributed by atoms with Gasteiger partial charge in [-0.2, -0.15) is 30.8 Å². The van der Waals surface area contributed by atoms with Gasteiger partial charge in [-0.1, -0.05) is 190 Å². The Morgan fingerprint density at radius 2 is 1.00 bits per heavy atom. The highest BCUT2D eigenvalue weighted by Gasteiger charge is 1.74. The van der Waals surface area contributed by atoms with Gasteiger partial charge in [0, 0.05) is 43.6 Å². The van der Waals surface area contributed by atoms with Crippen LogP contribution in [0.25, 0.3) is 0 Å². The summed E-state index contributed by atoms with van der Waals surface area (Å²) in [4.78, 5) is 26.2. The number of dihydropyridines is 1.